The second-order valence-corrected chi connectivity index (χ2v) is 8.36. The van der Waals surface area contributed by atoms with Gasteiger partial charge in [-0.05, 0) is 48.2 Å². The molecule has 0 radical (unpaired) electrons. The van der Waals surface area contributed by atoms with Crippen LogP contribution in [0.5, 0.6) is 0 Å². The Balaban J connectivity index is 1.43. The molecule has 2 heterocycles. The molecule has 0 bridgehead atoms. The van der Waals surface area contributed by atoms with Crippen LogP contribution in [0, 0.1) is 13.8 Å². The number of halogens is 1. The van der Waals surface area contributed by atoms with Gasteiger partial charge in [0.2, 0.25) is 5.91 Å². The molecule has 1 amide bonds. The quantitative estimate of drug-likeness (QED) is 0.595. The van der Waals surface area contributed by atoms with Crippen LogP contribution in [-0.2, 0) is 17.8 Å². The van der Waals surface area contributed by atoms with Crippen LogP contribution in [0.25, 0.3) is 11.0 Å². The fourth-order valence-corrected chi connectivity index (χ4v) is 4.12. The lowest BCUT2D eigenvalue weighted by atomic mass is 10.0. The summed E-state index contributed by atoms with van der Waals surface area (Å²) in [5.41, 5.74) is 4.22. The molecule has 30 heavy (non-hydrogen) atoms. The average Bonchev–Trinajstić information content (AvgIpc) is 2.71. The first kappa shape index (κ1) is 20.6. The summed E-state index contributed by atoms with van der Waals surface area (Å²) in [6.07, 6.45) is 0.439. The molecule has 1 aliphatic heterocycles. The van der Waals surface area contributed by atoms with E-state index >= 15 is 0 Å². The minimum Gasteiger partial charge on any atom is -0.423 e. The Kier molecular flexibility index (Phi) is 5.93. The van der Waals surface area contributed by atoms with E-state index in [4.69, 9.17) is 16.0 Å². The highest BCUT2D eigenvalue weighted by molar-refractivity contribution is 6.32. The molecule has 0 unspecified atom stereocenters. The minimum absolute atomic E-state index is 0.164. The summed E-state index contributed by atoms with van der Waals surface area (Å²) in [5.74, 6) is 0.164. The Bertz CT molecular complexity index is 1150. The Morgan fingerprint density at radius 2 is 1.73 bits per heavy atom. The summed E-state index contributed by atoms with van der Waals surface area (Å²) < 4.78 is 5.36. The number of rotatable bonds is 4. The van der Waals surface area contributed by atoms with Gasteiger partial charge in [0.25, 0.3) is 0 Å². The van der Waals surface area contributed by atoms with Crippen LogP contribution in [-0.4, -0.2) is 41.9 Å². The van der Waals surface area contributed by atoms with E-state index in [1.807, 2.05) is 55.1 Å². The van der Waals surface area contributed by atoms with Crippen molar-refractivity contribution < 1.29 is 9.21 Å². The molecule has 0 saturated carbocycles. The van der Waals surface area contributed by atoms with Crippen LogP contribution in [0.1, 0.15) is 22.3 Å². The van der Waals surface area contributed by atoms with Gasteiger partial charge in [0.15, 0.2) is 0 Å². The van der Waals surface area contributed by atoms with E-state index in [-0.39, 0.29) is 11.5 Å². The highest BCUT2D eigenvalue weighted by Gasteiger charge is 2.22. The van der Waals surface area contributed by atoms with Gasteiger partial charge in [0, 0.05) is 49.2 Å². The lowest BCUT2D eigenvalue weighted by Gasteiger charge is -2.35. The number of hydrogen-bond donors (Lipinski definition) is 0. The van der Waals surface area contributed by atoms with Gasteiger partial charge < -0.3 is 9.32 Å². The predicted molar refractivity (Wildman–Crippen MR) is 119 cm³/mol. The molecule has 6 heteroatoms. The molecule has 0 aliphatic carbocycles. The maximum atomic E-state index is 12.7. The number of fused-ring (bicyclic) bond motifs is 1. The van der Waals surface area contributed by atoms with Crippen LogP contribution in [0.3, 0.4) is 0 Å². The first-order valence-electron chi connectivity index (χ1n) is 10.2. The number of aryl methyl sites for hydroxylation is 2. The molecule has 5 nitrogen and oxygen atoms in total. The Labute approximate surface area is 180 Å². The first-order chi connectivity index (χ1) is 14.4. The molecule has 0 spiro atoms. The van der Waals surface area contributed by atoms with Crippen molar-refractivity contribution in [3.8, 4) is 0 Å². The van der Waals surface area contributed by atoms with Crippen molar-refractivity contribution in [1.29, 1.82) is 0 Å². The summed E-state index contributed by atoms with van der Waals surface area (Å²) in [4.78, 5) is 28.9. The third-order valence-corrected chi connectivity index (χ3v) is 6.24. The second-order valence-electron chi connectivity index (χ2n) is 7.95. The SMILES string of the molecule is Cc1cc2oc(=O)cc(CN3CCN(C(=O)Cc4ccccc4C)CC3)c2cc1Cl. The van der Waals surface area contributed by atoms with Crippen molar-refractivity contribution in [3.05, 3.63) is 80.2 Å². The average molecular weight is 425 g/mol. The lowest BCUT2D eigenvalue weighted by Crippen LogP contribution is -2.48. The topological polar surface area (TPSA) is 53.8 Å². The number of carbonyl (C=O) groups is 1. The lowest BCUT2D eigenvalue weighted by molar-refractivity contribution is -0.132. The van der Waals surface area contributed by atoms with E-state index in [0.717, 1.165) is 40.7 Å². The highest BCUT2D eigenvalue weighted by Crippen LogP contribution is 2.26. The molecule has 1 saturated heterocycles. The normalized spacial score (nSPS) is 15.0. The van der Waals surface area contributed by atoms with Gasteiger partial charge in [0.05, 0.1) is 6.42 Å². The number of benzene rings is 2. The van der Waals surface area contributed by atoms with Crippen molar-refractivity contribution in [2.75, 3.05) is 26.2 Å². The van der Waals surface area contributed by atoms with Gasteiger partial charge in [-0.15, -0.1) is 0 Å². The van der Waals surface area contributed by atoms with E-state index in [9.17, 15) is 9.59 Å². The van der Waals surface area contributed by atoms with E-state index in [1.54, 1.807) is 6.07 Å². The molecule has 2 aromatic carbocycles. The standard InChI is InChI=1S/C24H25ClN2O3/c1-16-5-3-4-6-18(16)12-23(28)27-9-7-26(8-10-27)15-19-13-24(29)30-22-11-17(2)21(25)14-20(19)22/h3-6,11,13-14H,7-10,12,15H2,1-2H3. The van der Waals surface area contributed by atoms with Crippen LogP contribution in [0.2, 0.25) is 5.02 Å². The Morgan fingerprint density at radius 1 is 1.00 bits per heavy atom. The highest BCUT2D eigenvalue weighted by atomic mass is 35.5. The summed E-state index contributed by atoms with van der Waals surface area (Å²) in [6.45, 7) is 7.45. The van der Waals surface area contributed by atoms with E-state index < -0.39 is 0 Å². The zero-order valence-corrected chi connectivity index (χ0v) is 18.0. The second kappa shape index (κ2) is 8.62. The first-order valence-corrected chi connectivity index (χ1v) is 10.6. The number of carbonyl (C=O) groups excluding carboxylic acids is 1. The van der Waals surface area contributed by atoms with Gasteiger partial charge in [-0.2, -0.15) is 0 Å². The summed E-state index contributed by atoms with van der Waals surface area (Å²) >= 11 is 6.30. The predicted octanol–water partition coefficient (Wildman–Crippen LogP) is 3.95. The number of nitrogens with zero attached hydrogens (tertiary/aromatic N) is 2. The van der Waals surface area contributed by atoms with Crippen molar-refractivity contribution in [2.45, 2.75) is 26.8 Å². The van der Waals surface area contributed by atoms with Gasteiger partial charge in [-0.1, -0.05) is 35.9 Å². The summed E-state index contributed by atoms with van der Waals surface area (Å²) in [5, 5.41) is 1.52. The molecule has 0 atom stereocenters. The zero-order valence-electron chi connectivity index (χ0n) is 17.3. The molecular formula is C24H25ClN2O3. The van der Waals surface area contributed by atoms with Crippen LogP contribution >= 0.6 is 11.6 Å². The summed E-state index contributed by atoms with van der Waals surface area (Å²) in [7, 11) is 0. The number of piperazine rings is 1. The molecule has 156 valence electrons. The molecule has 4 rings (SSSR count). The van der Waals surface area contributed by atoms with Crippen molar-refractivity contribution in [2.24, 2.45) is 0 Å². The largest absolute Gasteiger partial charge is 0.423 e. The van der Waals surface area contributed by atoms with E-state index in [1.165, 1.54) is 0 Å². The smallest absolute Gasteiger partial charge is 0.336 e. The molecule has 1 aliphatic rings. The van der Waals surface area contributed by atoms with E-state index in [0.29, 0.717) is 36.7 Å². The van der Waals surface area contributed by atoms with Gasteiger partial charge in [-0.25, -0.2) is 4.79 Å². The van der Waals surface area contributed by atoms with Crippen LogP contribution in [0.15, 0.2) is 51.7 Å². The van der Waals surface area contributed by atoms with Gasteiger partial charge in [0.1, 0.15) is 5.58 Å². The molecule has 0 N–H and O–H groups in total. The Morgan fingerprint density at radius 3 is 2.47 bits per heavy atom. The minimum atomic E-state index is -0.355. The van der Waals surface area contributed by atoms with Crippen molar-refractivity contribution >= 4 is 28.5 Å². The molecule has 1 fully saturated rings. The Hall–Kier alpha value is -2.63. The molecule has 1 aromatic heterocycles. The van der Waals surface area contributed by atoms with Crippen molar-refractivity contribution in [1.82, 2.24) is 9.80 Å². The molecule has 3 aromatic rings. The number of amides is 1. The van der Waals surface area contributed by atoms with Gasteiger partial charge in [-0.3, -0.25) is 9.69 Å². The van der Waals surface area contributed by atoms with Crippen LogP contribution < -0.4 is 5.63 Å². The monoisotopic (exact) mass is 424 g/mol. The third kappa shape index (κ3) is 4.42. The maximum absolute atomic E-state index is 12.7. The third-order valence-electron chi connectivity index (χ3n) is 5.83. The zero-order chi connectivity index (χ0) is 21.3. The van der Waals surface area contributed by atoms with Crippen LogP contribution in [0.4, 0.5) is 0 Å². The van der Waals surface area contributed by atoms with Crippen molar-refractivity contribution in [3.63, 3.8) is 0 Å². The fraction of sp³-hybridized carbons (Fsp3) is 0.333. The fourth-order valence-electron chi connectivity index (χ4n) is 3.96. The maximum Gasteiger partial charge on any atom is 0.336 e. The molecular weight excluding hydrogens is 400 g/mol. The number of hydrogen-bond acceptors (Lipinski definition) is 4. The summed E-state index contributed by atoms with van der Waals surface area (Å²) in [6, 6.07) is 13.2. The van der Waals surface area contributed by atoms with Gasteiger partial charge >= 0.3 is 5.63 Å². The van der Waals surface area contributed by atoms with E-state index in [2.05, 4.69) is 4.90 Å².